The van der Waals surface area contributed by atoms with Gasteiger partial charge in [0.05, 0.1) is 30.5 Å². The number of rotatable bonds is 3. The van der Waals surface area contributed by atoms with Gasteiger partial charge >= 0.3 is 0 Å². The summed E-state index contributed by atoms with van der Waals surface area (Å²) < 4.78 is 24.3. The Balaban J connectivity index is 1.92. The van der Waals surface area contributed by atoms with E-state index in [0.29, 0.717) is 17.3 Å². The second-order valence-electron chi connectivity index (χ2n) is 4.86. The van der Waals surface area contributed by atoms with Crippen LogP contribution in [-0.2, 0) is 0 Å². The topological polar surface area (TPSA) is 30.5 Å². The minimum Gasteiger partial charge on any atom is -0.497 e. The predicted molar refractivity (Wildman–Crippen MR) is 80.9 cm³/mol. The molecule has 0 aromatic heterocycles. The first-order valence-electron chi connectivity index (χ1n) is 6.69. The van der Waals surface area contributed by atoms with Gasteiger partial charge in [-0.2, -0.15) is 0 Å². The van der Waals surface area contributed by atoms with Crippen LogP contribution in [0.1, 0.15) is 18.0 Å². The Morgan fingerprint density at radius 1 is 1.29 bits per heavy atom. The molecule has 0 bridgehead atoms. The molecule has 1 N–H and O–H groups in total. The maximum atomic E-state index is 13.4. The van der Waals surface area contributed by atoms with Crippen LogP contribution in [-0.4, -0.2) is 13.7 Å². The molecule has 1 aliphatic rings. The first kappa shape index (κ1) is 14.0. The lowest BCUT2D eigenvalue weighted by molar-refractivity contribution is 0.273. The van der Waals surface area contributed by atoms with E-state index in [1.807, 2.05) is 18.2 Å². The second-order valence-corrected chi connectivity index (χ2v) is 5.27. The van der Waals surface area contributed by atoms with Crippen LogP contribution in [0.3, 0.4) is 0 Å². The van der Waals surface area contributed by atoms with Crippen LogP contribution in [0.15, 0.2) is 36.4 Å². The lowest BCUT2D eigenvalue weighted by atomic mass is 10.00. The SMILES string of the molecule is COc1ccc2c(c1)C(Nc1cc(F)ccc1Cl)CCO2. The van der Waals surface area contributed by atoms with Crippen LogP contribution >= 0.6 is 11.6 Å². The number of ether oxygens (including phenoxy) is 2. The molecule has 1 aliphatic heterocycles. The van der Waals surface area contributed by atoms with Crippen molar-refractivity contribution >= 4 is 17.3 Å². The fraction of sp³-hybridized carbons (Fsp3) is 0.250. The fourth-order valence-electron chi connectivity index (χ4n) is 2.45. The maximum absolute atomic E-state index is 13.4. The van der Waals surface area contributed by atoms with Crippen molar-refractivity contribution in [1.29, 1.82) is 0 Å². The highest BCUT2D eigenvalue weighted by Gasteiger charge is 2.22. The molecule has 2 aromatic rings. The Kier molecular flexibility index (Phi) is 3.88. The van der Waals surface area contributed by atoms with Crippen molar-refractivity contribution in [2.45, 2.75) is 12.5 Å². The van der Waals surface area contributed by atoms with Gasteiger partial charge in [-0.15, -0.1) is 0 Å². The van der Waals surface area contributed by atoms with Crippen molar-refractivity contribution < 1.29 is 13.9 Å². The molecule has 0 aliphatic carbocycles. The monoisotopic (exact) mass is 307 g/mol. The Labute approximate surface area is 127 Å². The number of fused-ring (bicyclic) bond motifs is 1. The van der Waals surface area contributed by atoms with E-state index in [9.17, 15) is 4.39 Å². The van der Waals surface area contributed by atoms with Crippen LogP contribution in [0.2, 0.25) is 5.02 Å². The lowest BCUT2D eigenvalue weighted by Crippen LogP contribution is -2.20. The zero-order valence-electron chi connectivity index (χ0n) is 11.5. The van der Waals surface area contributed by atoms with E-state index in [2.05, 4.69) is 5.32 Å². The molecule has 0 saturated heterocycles. The standard InChI is InChI=1S/C16H15ClFNO2/c1-20-11-3-5-16-12(9-11)14(6-7-21-16)19-15-8-10(18)2-4-13(15)17/h2-5,8-9,14,19H,6-7H2,1H3. The molecule has 3 nitrogen and oxygen atoms in total. The Morgan fingerprint density at radius 3 is 2.95 bits per heavy atom. The van der Waals surface area contributed by atoms with E-state index >= 15 is 0 Å². The number of halogens is 2. The van der Waals surface area contributed by atoms with Crippen molar-refractivity contribution in [2.75, 3.05) is 19.0 Å². The lowest BCUT2D eigenvalue weighted by Gasteiger charge is -2.28. The summed E-state index contributed by atoms with van der Waals surface area (Å²) in [4.78, 5) is 0. The van der Waals surface area contributed by atoms with E-state index < -0.39 is 0 Å². The molecule has 0 radical (unpaired) electrons. The predicted octanol–water partition coefficient (Wildman–Crippen LogP) is 4.42. The molecule has 0 spiro atoms. The van der Waals surface area contributed by atoms with Gasteiger partial charge in [0.15, 0.2) is 0 Å². The van der Waals surface area contributed by atoms with Crippen LogP contribution < -0.4 is 14.8 Å². The van der Waals surface area contributed by atoms with E-state index in [1.165, 1.54) is 12.1 Å². The molecule has 5 heteroatoms. The molecule has 110 valence electrons. The first-order valence-corrected chi connectivity index (χ1v) is 7.07. The third-order valence-corrected chi connectivity index (χ3v) is 3.84. The molecular formula is C16H15ClFNO2. The second kappa shape index (κ2) is 5.82. The van der Waals surface area contributed by atoms with E-state index in [4.69, 9.17) is 21.1 Å². The van der Waals surface area contributed by atoms with Gasteiger partial charge in [-0.25, -0.2) is 4.39 Å². The highest BCUT2D eigenvalue weighted by Crippen LogP contribution is 2.38. The number of anilines is 1. The van der Waals surface area contributed by atoms with E-state index in [-0.39, 0.29) is 11.9 Å². The zero-order valence-corrected chi connectivity index (χ0v) is 12.3. The summed E-state index contributed by atoms with van der Waals surface area (Å²) >= 11 is 6.12. The summed E-state index contributed by atoms with van der Waals surface area (Å²) in [5.41, 5.74) is 1.57. The third-order valence-electron chi connectivity index (χ3n) is 3.51. The van der Waals surface area contributed by atoms with E-state index in [0.717, 1.165) is 23.5 Å². The molecule has 1 atom stereocenters. The number of benzene rings is 2. The van der Waals surface area contributed by atoms with E-state index in [1.54, 1.807) is 13.2 Å². The van der Waals surface area contributed by atoms with Crippen molar-refractivity contribution in [1.82, 2.24) is 0 Å². The fourth-order valence-corrected chi connectivity index (χ4v) is 2.62. The molecule has 1 unspecified atom stereocenters. The molecule has 1 heterocycles. The molecule has 0 amide bonds. The van der Waals surface area contributed by atoms with Crippen molar-refractivity contribution in [3.8, 4) is 11.5 Å². The summed E-state index contributed by atoms with van der Waals surface area (Å²) in [7, 11) is 1.62. The molecule has 0 fully saturated rings. The number of methoxy groups -OCH3 is 1. The average molecular weight is 308 g/mol. The molecule has 0 saturated carbocycles. The van der Waals surface area contributed by atoms with Crippen molar-refractivity contribution in [3.63, 3.8) is 0 Å². The van der Waals surface area contributed by atoms with Crippen LogP contribution in [0.5, 0.6) is 11.5 Å². The van der Waals surface area contributed by atoms with Gasteiger partial charge in [0, 0.05) is 12.0 Å². The summed E-state index contributed by atoms with van der Waals surface area (Å²) in [5.74, 6) is 1.25. The number of nitrogens with one attached hydrogen (secondary N) is 1. The number of hydrogen-bond acceptors (Lipinski definition) is 3. The van der Waals surface area contributed by atoms with Crippen LogP contribution in [0.25, 0.3) is 0 Å². The van der Waals surface area contributed by atoms with Crippen molar-refractivity contribution in [2.24, 2.45) is 0 Å². The quantitative estimate of drug-likeness (QED) is 0.910. The van der Waals surface area contributed by atoms with Gasteiger partial charge in [-0.05, 0) is 36.4 Å². The molecule has 2 aromatic carbocycles. The summed E-state index contributed by atoms with van der Waals surface area (Å²) in [5, 5.41) is 3.78. The Hall–Kier alpha value is -1.94. The van der Waals surface area contributed by atoms with Gasteiger partial charge in [0.1, 0.15) is 17.3 Å². The van der Waals surface area contributed by atoms with Crippen LogP contribution in [0, 0.1) is 5.82 Å². The minimum atomic E-state index is -0.320. The number of hydrogen-bond donors (Lipinski definition) is 1. The van der Waals surface area contributed by atoms with Gasteiger partial charge in [0.2, 0.25) is 0 Å². The smallest absolute Gasteiger partial charge is 0.125 e. The van der Waals surface area contributed by atoms with Gasteiger partial charge in [-0.3, -0.25) is 0 Å². The van der Waals surface area contributed by atoms with Gasteiger partial charge in [0.25, 0.3) is 0 Å². The zero-order chi connectivity index (χ0) is 14.8. The third kappa shape index (κ3) is 2.90. The highest BCUT2D eigenvalue weighted by molar-refractivity contribution is 6.33. The summed E-state index contributed by atoms with van der Waals surface area (Å²) in [6, 6.07) is 9.96. The Morgan fingerprint density at radius 2 is 2.14 bits per heavy atom. The minimum absolute atomic E-state index is 0.00292. The average Bonchev–Trinajstić information content (AvgIpc) is 2.51. The largest absolute Gasteiger partial charge is 0.497 e. The summed E-state index contributed by atoms with van der Waals surface area (Å²) in [6.45, 7) is 0.601. The van der Waals surface area contributed by atoms with Gasteiger partial charge in [-0.1, -0.05) is 11.6 Å². The molecular weight excluding hydrogens is 293 g/mol. The maximum Gasteiger partial charge on any atom is 0.125 e. The van der Waals surface area contributed by atoms with Crippen LogP contribution in [0.4, 0.5) is 10.1 Å². The van der Waals surface area contributed by atoms with Crippen molar-refractivity contribution in [3.05, 3.63) is 52.8 Å². The Bertz CT molecular complexity index is 663. The highest BCUT2D eigenvalue weighted by atomic mass is 35.5. The normalized spacial score (nSPS) is 16.8. The molecule has 21 heavy (non-hydrogen) atoms. The first-order chi connectivity index (χ1) is 10.2. The van der Waals surface area contributed by atoms with Gasteiger partial charge < -0.3 is 14.8 Å². The summed E-state index contributed by atoms with van der Waals surface area (Å²) in [6.07, 6.45) is 0.771. The molecule has 3 rings (SSSR count).